The number of benzene rings is 3. The van der Waals surface area contributed by atoms with Gasteiger partial charge in [-0.1, -0.05) is 47.5 Å². The normalized spacial score (nSPS) is 15.6. The van der Waals surface area contributed by atoms with Gasteiger partial charge in [0.15, 0.2) is 0 Å². The van der Waals surface area contributed by atoms with E-state index < -0.39 is 16.1 Å². The van der Waals surface area contributed by atoms with E-state index in [1.165, 1.54) is 46.8 Å². The molecule has 0 radical (unpaired) electrons. The second kappa shape index (κ2) is 11.3. The molecule has 0 aliphatic carbocycles. The number of sulfonamides is 1. The maximum atomic E-state index is 13.4. The highest BCUT2D eigenvalue weighted by molar-refractivity contribution is 7.89. The van der Waals surface area contributed by atoms with Crippen LogP contribution in [0.1, 0.15) is 17.2 Å². The van der Waals surface area contributed by atoms with Gasteiger partial charge in [-0.15, -0.1) is 0 Å². The zero-order valence-electron chi connectivity index (χ0n) is 18.7. The van der Waals surface area contributed by atoms with E-state index in [0.717, 1.165) is 11.1 Å². The van der Waals surface area contributed by atoms with Gasteiger partial charge in [-0.25, -0.2) is 17.2 Å². The summed E-state index contributed by atoms with van der Waals surface area (Å²) in [6.07, 6.45) is -0.481. The van der Waals surface area contributed by atoms with Crippen LogP contribution in [0.5, 0.6) is 0 Å². The lowest BCUT2D eigenvalue weighted by molar-refractivity contribution is 0.0526. The quantitative estimate of drug-likeness (QED) is 0.384. The number of hydrogen-bond donors (Lipinski definition) is 0. The Hall–Kier alpha value is -2.07. The van der Waals surface area contributed by atoms with Gasteiger partial charge in [0, 0.05) is 42.8 Å². The van der Waals surface area contributed by atoms with Crippen molar-refractivity contribution in [3.63, 3.8) is 0 Å². The van der Waals surface area contributed by atoms with Crippen LogP contribution in [0.3, 0.4) is 0 Å². The van der Waals surface area contributed by atoms with Crippen molar-refractivity contribution in [1.82, 2.24) is 9.21 Å². The van der Waals surface area contributed by atoms with Crippen LogP contribution in [0.2, 0.25) is 10.0 Å². The Kier molecular flexibility index (Phi) is 8.42. The number of nitrogens with zero attached hydrogens (tertiary/aromatic N) is 2. The molecule has 0 amide bonds. The molecule has 0 unspecified atom stereocenters. The summed E-state index contributed by atoms with van der Waals surface area (Å²) in [6, 6.07) is 16.3. The first kappa shape index (κ1) is 26.0. The third-order valence-electron chi connectivity index (χ3n) is 5.84. The summed E-state index contributed by atoms with van der Waals surface area (Å²) in [5, 5.41) is 0.535. The molecule has 186 valence electrons. The van der Waals surface area contributed by atoms with Crippen LogP contribution in [0.25, 0.3) is 0 Å². The molecule has 1 aliphatic rings. The molecule has 5 nitrogen and oxygen atoms in total. The third-order valence-corrected chi connectivity index (χ3v) is 8.16. The minimum atomic E-state index is -3.70. The van der Waals surface area contributed by atoms with E-state index in [2.05, 4.69) is 4.90 Å². The minimum absolute atomic E-state index is 0.0771. The van der Waals surface area contributed by atoms with E-state index >= 15 is 0 Å². The maximum Gasteiger partial charge on any atom is 0.243 e. The summed E-state index contributed by atoms with van der Waals surface area (Å²) in [5.41, 5.74) is 1.52. The van der Waals surface area contributed by atoms with Gasteiger partial charge in [0.25, 0.3) is 0 Å². The fourth-order valence-electron chi connectivity index (χ4n) is 3.98. The number of piperazine rings is 1. The highest BCUT2D eigenvalue weighted by atomic mass is 35.5. The van der Waals surface area contributed by atoms with Crippen LogP contribution >= 0.6 is 23.2 Å². The lowest BCUT2D eigenvalue weighted by Crippen LogP contribution is -2.49. The van der Waals surface area contributed by atoms with Crippen molar-refractivity contribution in [1.29, 1.82) is 0 Å². The van der Waals surface area contributed by atoms with Gasteiger partial charge in [-0.2, -0.15) is 4.31 Å². The van der Waals surface area contributed by atoms with Crippen LogP contribution < -0.4 is 0 Å². The summed E-state index contributed by atoms with van der Waals surface area (Å²) in [6.45, 7) is 2.66. The van der Waals surface area contributed by atoms with Gasteiger partial charge >= 0.3 is 0 Å². The Balaban J connectivity index is 1.35. The Morgan fingerprint density at radius 1 is 0.800 bits per heavy atom. The molecule has 3 aromatic rings. The molecule has 3 aromatic carbocycles. The fourth-order valence-corrected chi connectivity index (χ4v) is 6.13. The third kappa shape index (κ3) is 6.58. The molecule has 0 saturated carbocycles. The van der Waals surface area contributed by atoms with Gasteiger partial charge in [-0.05, 0) is 53.6 Å². The lowest BCUT2D eigenvalue weighted by Gasteiger charge is -2.34. The summed E-state index contributed by atoms with van der Waals surface area (Å²) in [7, 11) is -3.70. The highest BCUT2D eigenvalue weighted by Gasteiger charge is 2.29. The van der Waals surface area contributed by atoms with Crippen LogP contribution in [-0.2, 0) is 14.8 Å². The Bertz CT molecular complexity index is 1180. The summed E-state index contributed by atoms with van der Waals surface area (Å²) < 4.78 is 60.3. The molecule has 1 heterocycles. The Morgan fingerprint density at radius 3 is 1.77 bits per heavy atom. The molecule has 1 fully saturated rings. The van der Waals surface area contributed by atoms with E-state index in [0.29, 0.717) is 39.3 Å². The monoisotopic (exact) mass is 540 g/mol. The van der Waals surface area contributed by atoms with E-state index in [1.54, 1.807) is 24.3 Å². The number of ether oxygens (including phenoxy) is 1. The number of rotatable bonds is 8. The molecule has 0 bridgehead atoms. The van der Waals surface area contributed by atoms with Crippen molar-refractivity contribution in [2.45, 2.75) is 11.0 Å². The second-order valence-electron chi connectivity index (χ2n) is 8.20. The van der Waals surface area contributed by atoms with E-state index in [1.807, 2.05) is 0 Å². The van der Waals surface area contributed by atoms with Crippen molar-refractivity contribution in [3.8, 4) is 0 Å². The molecule has 35 heavy (non-hydrogen) atoms. The van der Waals surface area contributed by atoms with Crippen LogP contribution in [0.4, 0.5) is 8.78 Å². The van der Waals surface area contributed by atoms with Crippen molar-refractivity contribution in [3.05, 3.63) is 99.5 Å². The predicted molar refractivity (Wildman–Crippen MR) is 132 cm³/mol. The molecule has 0 N–H and O–H groups in total. The van der Waals surface area contributed by atoms with Crippen molar-refractivity contribution in [2.24, 2.45) is 0 Å². The molecular weight excluding hydrogens is 517 g/mol. The van der Waals surface area contributed by atoms with E-state index in [9.17, 15) is 17.2 Å². The van der Waals surface area contributed by atoms with Gasteiger partial charge in [0.2, 0.25) is 10.0 Å². The first-order valence-electron chi connectivity index (χ1n) is 11.0. The second-order valence-corrected chi connectivity index (χ2v) is 11.0. The molecule has 0 atom stereocenters. The standard InChI is InChI=1S/C25H24Cl2F2N2O3S/c26-20-15-21(27)17-24(16-20)35(32,33)31-11-9-30(10-12-31)13-14-34-25(18-1-5-22(28)6-2-18)19-3-7-23(29)8-4-19/h1-8,15-17,25H,9-14H2. The van der Waals surface area contributed by atoms with Gasteiger partial charge in [0.05, 0.1) is 11.5 Å². The predicted octanol–water partition coefficient (Wildman–Crippen LogP) is 5.38. The van der Waals surface area contributed by atoms with Crippen molar-refractivity contribution in [2.75, 3.05) is 39.3 Å². The summed E-state index contributed by atoms with van der Waals surface area (Å²) in [4.78, 5) is 2.19. The number of halogens is 4. The Labute approximate surface area is 213 Å². The summed E-state index contributed by atoms with van der Waals surface area (Å²) >= 11 is 12.0. The van der Waals surface area contributed by atoms with Crippen molar-refractivity contribution < 1.29 is 21.9 Å². The van der Waals surface area contributed by atoms with Gasteiger partial charge < -0.3 is 4.74 Å². The van der Waals surface area contributed by atoms with Gasteiger partial charge in [-0.3, -0.25) is 4.90 Å². The SMILES string of the molecule is O=S(=O)(c1cc(Cl)cc(Cl)c1)N1CCN(CCOC(c2ccc(F)cc2)c2ccc(F)cc2)CC1. The fraction of sp³-hybridized carbons (Fsp3) is 0.280. The van der Waals surface area contributed by atoms with Crippen LogP contribution in [0, 0.1) is 11.6 Å². The molecule has 0 aromatic heterocycles. The van der Waals surface area contributed by atoms with Gasteiger partial charge in [0.1, 0.15) is 17.7 Å². The van der Waals surface area contributed by atoms with E-state index in [-0.39, 0.29) is 26.6 Å². The molecule has 1 saturated heterocycles. The highest BCUT2D eigenvalue weighted by Crippen LogP contribution is 2.27. The largest absolute Gasteiger partial charge is 0.367 e. The molecular formula is C25H24Cl2F2N2O3S. The average molecular weight is 541 g/mol. The van der Waals surface area contributed by atoms with Crippen LogP contribution in [0.15, 0.2) is 71.6 Å². The first-order valence-corrected chi connectivity index (χ1v) is 13.2. The molecule has 1 aliphatic heterocycles. The lowest BCUT2D eigenvalue weighted by atomic mass is 10.0. The smallest absolute Gasteiger partial charge is 0.243 e. The Morgan fingerprint density at radius 2 is 1.29 bits per heavy atom. The van der Waals surface area contributed by atoms with Crippen molar-refractivity contribution >= 4 is 33.2 Å². The first-order chi connectivity index (χ1) is 16.7. The minimum Gasteiger partial charge on any atom is -0.367 e. The molecule has 4 rings (SSSR count). The zero-order chi connectivity index (χ0) is 25.0. The molecule has 0 spiro atoms. The van der Waals surface area contributed by atoms with Crippen LogP contribution in [-0.4, -0.2) is 57.0 Å². The molecule has 10 heteroatoms. The zero-order valence-corrected chi connectivity index (χ0v) is 21.0. The van der Waals surface area contributed by atoms with E-state index in [4.69, 9.17) is 27.9 Å². The summed E-state index contributed by atoms with van der Waals surface area (Å²) in [5.74, 6) is -0.695. The maximum absolute atomic E-state index is 13.4. The number of hydrogen-bond acceptors (Lipinski definition) is 4. The average Bonchev–Trinajstić information content (AvgIpc) is 2.83. The topological polar surface area (TPSA) is 49.9 Å².